The van der Waals surface area contributed by atoms with Gasteiger partial charge in [-0.05, 0) is 30.7 Å². The number of carbonyl (C=O) groups excluding carboxylic acids is 1. The summed E-state index contributed by atoms with van der Waals surface area (Å²) in [5, 5.41) is 9.65. The van der Waals surface area contributed by atoms with Crippen molar-refractivity contribution in [2.75, 3.05) is 13.1 Å². The van der Waals surface area contributed by atoms with E-state index in [0.717, 1.165) is 40.7 Å². The smallest absolute Gasteiger partial charge is 0.253 e. The van der Waals surface area contributed by atoms with Crippen LogP contribution in [0.5, 0.6) is 0 Å². The van der Waals surface area contributed by atoms with Gasteiger partial charge in [-0.25, -0.2) is 4.68 Å². The Hall–Kier alpha value is -3.41. The molecule has 4 aromatic rings. The number of nitrogens with one attached hydrogen (secondary N) is 1. The normalized spacial score (nSPS) is 16.9. The summed E-state index contributed by atoms with van der Waals surface area (Å²) in [7, 11) is 0. The largest absolute Gasteiger partial charge is 0.361 e. The Bertz CT molecular complexity index is 1100. The maximum Gasteiger partial charge on any atom is 0.253 e. The van der Waals surface area contributed by atoms with Crippen molar-refractivity contribution >= 4 is 16.8 Å². The first-order valence-corrected chi connectivity index (χ1v) is 9.11. The van der Waals surface area contributed by atoms with Crippen molar-refractivity contribution in [2.24, 2.45) is 0 Å². The number of nitrogens with zero attached hydrogens (tertiary/aromatic N) is 4. The van der Waals surface area contributed by atoms with Crippen molar-refractivity contribution < 1.29 is 4.79 Å². The van der Waals surface area contributed by atoms with E-state index in [1.807, 2.05) is 76.6 Å². The van der Waals surface area contributed by atoms with Crippen molar-refractivity contribution in [3.63, 3.8) is 0 Å². The van der Waals surface area contributed by atoms with Gasteiger partial charge < -0.3 is 9.88 Å². The van der Waals surface area contributed by atoms with E-state index < -0.39 is 0 Å². The molecule has 1 saturated heterocycles. The van der Waals surface area contributed by atoms with Crippen LogP contribution in [0, 0.1) is 0 Å². The topological polar surface area (TPSA) is 66.8 Å². The van der Waals surface area contributed by atoms with Gasteiger partial charge in [0.05, 0.1) is 12.2 Å². The molecule has 1 atom stereocenters. The van der Waals surface area contributed by atoms with Crippen molar-refractivity contribution in [3.8, 4) is 11.3 Å². The minimum atomic E-state index is 0.0731. The number of amides is 1. The number of benzene rings is 2. The number of hydrogen-bond donors (Lipinski definition) is 1. The van der Waals surface area contributed by atoms with Crippen LogP contribution in [0.2, 0.25) is 0 Å². The number of aromatic nitrogens is 4. The number of fused-ring (bicyclic) bond motifs is 1. The van der Waals surface area contributed by atoms with E-state index in [2.05, 4.69) is 15.3 Å². The molecule has 2 aromatic carbocycles. The lowest BCUT2D eigenvalue weighted by atomic mass is 10.1. The summed E-state index contributed by atoms with van der Waals surface area (Å²) in [6, 6.07) is 18.0. The molecule has 5 rings (SSSR count). The molecular formula is C21H19N5O. The van der Waals surface area contributed by atoms with Crippen LogP contribution in [0.25, 0.3) is 22.2 Å². The molecule has 1 N–H and O–H groups in total. The third kappa shape index (κ3) is 2.89. The molecule has 0 radical (unpaired) electrons. The maximum atomic E-state index is 12.9. The van der Waals surface area contributed by atoms with Crippen LogP contribution in [0.15, 0.2) is 67.0 Å². The predicted octanol–water partition coefficient (Wildman–Crippen LogP) is 3.51. The van der Waals surface area contributed by atoms with Gasteiger partial charge in [0, 0.05) is 41.3 Å². The number of H-pyrrole nitrogens is 1. The van der Waals surface area contributed by atoms with E-state index >= 15 is 0 Å². The highest BCUT2D eigenvalue weighted by Crippen LogP contribution is 2.25. The first kappa shape index (κ1) is 15.8. The summed E-state index contributed by atoms with van der Waals surface area (Å²) < 4.78 is 1.89. The SMILES string of the molecule is O=C(c1ccc2[nH]ccc2c1)N1CCC(n2cc(-c3ccccc3)nn2)C1. The minimum absolute atomic E-state index is 0.0731. The van der Waals surface area contributed by atoms with Crippen LogP contribution in [-0.2, 0) is 0 Å². The van der Waals surface area contributed by atoms with E-state index in [-0.39, 0.29) is 11.9 Å². The molecule has 1 fully saturated rings. The van der Waals surface area contributed by atoms with E-state index in [4.69, 9.17) is 0 Å². The molecule has 0 bridgehead atoms. The zero-order chi connectivity index (χ0) is 18.2. The highest BCUT2D eigenvalue weighted by atomic mass is 16.2. The van der Waals surface area contributed by atoms with Crippen molar-refractivity contribution in [1.29, 1.82) is 0 Å². The van der Waals surface area contributed by atoms with Gasteiger partial charge in [0.15, 0.2) is 0 Å². The highest BCUT2D eigenvalue weighted by Gasteiger charge is 2.29. The van der Waals surface area contributed by atoms with Crippen LogP contribution in [-0.4, -0.2) is 43.9 Å². The Morgan fingerprint density at radius 1 is 1.11 bits per heavy atom. The van der Waals surface area contributed by atoms with Gasteiger partial charge in [-0.3, -0.25) is 4.79 Å². The average molecular weight is 357 g/mol. The van der Waals surface area contributed by atoms with E-state index in [9.17, 15) is 4.79 Å². The van der Waals surface area contributed by atoms with Crippen molar-refractivity contribution in [2.45, 2.75) is 12.5 Å². The third-order valence-corrected chi connectivity index (χ3v) is 5.20. The Kier molecular flexibility index (Phi) is 3.74. The number of aromatic amines is 1. The van der Waals surface area contributed by atoms with Gasteiger partial charge in [-0.15, -0.1) is 5.10 Å². The lowest BCUT2D eigenvalue weighted by Crippen LogP contribution is -2.29. The summed E-state index contributed by atoms with van der Waals surface area (Å²) in [5.41, 5.74) is 3.68. The Labute approximate surface area is 156 Å². The average Bonchev–Trinajstić information content (AvgIpc) is 3.47. The van der Waals surface area contributed by atoms with Gasteiger partial charge in [0.25, 0.3) is 5.91 Å². The minimum Gasteiger partial charge on any atom is -0.361 e. The van der Waals surface area contributed by atoms with Crippen LogP contribution < -0.4 is 0 Å². The highest BCUT2D eigenvalue weighted by molar-refractivity contribution is 5.98. The molecule has 6 nitrogen and oxygen atoms in total. The number of likely N-dealkylation sites (tertiary alicyclic amines) is 1. The Morgan fingerprint density at radius 2 is 2.00 bits per heavy atom. The second-order valence-electron chi connectivity index (χ2n) is 6.92. The fourth-order valence-electron chi connectivity index (χ4n) is 3.71. The molecule has 27 heavy (non-hydrogen) atoms. The zero-order valence-corrected chi connectivity index (χ0v) is 14.7. The molecule has 1 aliphatic rings. The Morgan fingerprint density at radius 3 is 2.89 bits per heavy atom. The molecule has 0 saturated carbocycles. The second-order valence-corrected chi connectivity index (χ2v) is 6.92. The van der Waals surface area contributed by atoms with Gasteiger partial charge in [-0.2, -0.15) is 0 Å². The summed E-state index contributed by atoms with van der Waals surface area (Å²) in [6.45, 7) is 1.39. The fourth-order valence-corrected chi connectivity index (χ4v) is 3.71. The molecule has 1 unspecified atom stereocenters. The first-order chi connectivity index (χ1) is 13.3. The van der Waals surface area contributed by atoms with E-state index in [0.29, 0.717) is 6.54 Å². The van der Waals surface area contributed by atoms with Crippen molar-refractivity contribution in [1.82, 2.24) is 24.9 Å². The van der Waals surface area contributed by atoms with Crippen LogP contribution in [0.1, 0.15) is 22.8 Å². The predicted molar refractivity (Wildman–Crippen MR) is 103 cm³/mol. The maximum absolute atomic E-state index is 12.9. The summed E-state index contributed by atoms with van der Waals surface area (Å²) in [5.74, 6) is 0.0731. The zero-order valence-electron chi connectivity index (χ0n) is 14.7. The number of rotatable bonds is 3. The summed E-state index contributed by atoms with van der Waals surface area (Å²) >= 11 is 0. The van der Waals surface area contributed by atoms with Gasteiger partial charge in [-0.1, -0.05) is 35.5 Å². The van der Waals surface area contributed by atoms with Crippen LogP contribution in [0.3, 0.4) is 0 Å². The van der Waals surface area contributed by atoms with Gasteiger partial charge in [0.2, 0.25) is 0 Å². The van der Waals surface area contributed by atoms with Crippen molar-refractivity contribution in [3.05, 3.63) is 72.6 Å². The van der Waals surface area contributed by atoms with E-state index in [1.165, 1.54) is 0 Å². The van der Waals surface area contributed by atoms with E-state index in [1.54, 1.807) is 0 Å². The standard InChI is InChI=1S/C21H19N5O/c27-21(17-6-7-19-16(12-17)8-10-22-19)25-11-9-18(13-25)26-14-20(23-24-26)15-4-2-1-3-5-15/h1-8,10,12,14,18,22H,9,11,13H2. The summed E-state index contributed by atoms with van der Waals surface area (Å²) in [4.78, 5) is 17.9. The number of hydrogen-bond acceptors (Lipinski definition) is 3. The first-order valence-electron chi connectivity index (χ1n) is 9.11. The van der Waals surface area contributed by atoms with Crippen LogP contribution >= 0.6 is 0 Å². The monoisotopic (exact) mass is 357 g/mol. The molecule has 134 valence electrons. The molecule has 0 aliphatic carbocycles. The molecule has 3 heterocycles. The number of carbonyl (C=O) groups is 1. The fraction of sp³-hybridized carbons (Fsp3) is 0.190. The molecule has 0 spiro atoms. The lowest BCUT2D eigenvalue weighted by Gasteiger charge is -2.16. The lowest BCUT2D eigenvalue weighted by molar-refractivity contribution is 0.0787. The molecule has 2 aromatic heterocycles. The molecule has 1 aliphatic heterocycles. The summed E-state index contributed by atoms with van der Waals surface area (Å²) in [6.07, 6.45) is 4.75. The van der Waals surface area contributed by atoms with Gasteiger partial charge >= 0.3 is 0 Å². The second kappa shape index (κ2) is 6.39. The Balaban J connectivity index is 1.32. The molecular weight excluding hydrogens is 338 g/mol. The quantitative estimate of drug-likeness (QED) is 0.610. The van der Waals surface area contributed by atoms with Gasteiger partial charge in [0.1, 0.15) is 5.69 Å². The third-order valence-electron chi connectivity index (χ3n) is 5.20. The van der Waals surface area contributed by atoms with Crippen LogP contribution in [0.4, 0.5) is 0 Å². The molecule has 6 heteroatoms. The molecule has 1 amide bonds.